The molecule has 0 saturated carbocycles. The van der Waals surface area contributed by atoms with Crippen LogP contribution in [0.25, 0.3) is 0 Å². The molecule has 2 heterocycles. The van der Waals surface area contributed by atoms with Crippen molar-refractivity contribution in [2.45, 2.75) is 5.66 Å². The second-order valence-electron chi connectivity index (χ2n) is 6.44. The van der Waals surface area contributed by atoms with Crippen LogP contribution in [0.2, 0.25) is 5.02 Å². The summed E-state index contributed by atoms with van der Waals surface area (Å²) in [4.78, 5) is 45.9. The Labute approximate surface area is 166 Å². The lowest BCUT2D eigenvalue weighted by Crippen LogP contribution is -2.51. The maximum absolute atomic E-state index is 13.0. The van der Waals surface area contributed by atoms with Crippen molar-refractivity contribution in [3.8, 4) is 0 Å². The zero-order valence-electron chi connectivity index (χ0n) is 15.2. The number of hydrogen-bond acceptors (Lipinski definition) is 5. The molecule has 1 fully saturated rings. The Bertz CT molecular complexity index is 983. The summed E-state index contributed by atoms with van der Waals surface area (Å²) < 4.78 is 0. The third-order valence-corrected chi connectivity index (χ3v) is 5.24. The molecule has 1 unspecified atom stereocenters. The second kappa shape index (κ2) is 6.50. The van der Waals surface area contributed by atoms with Gasteiger partial charge in [0.2, 0.25) is 0 Å². The third kappa shape index (κ3) is 2.38. The molecule has 0 radical (unpaired) electrons. The highest BCUT2D eigenvalue weighted by Crippen LogP contribution is 2.49. The quantitative estimate of drug-likeness (QED) is 0.795. The summed E-state index contributed by atoms with van der Waals surface area (Å²) in [5.41, 5.74) is 0.231. The molecule has 0 aromatic heterocycles. The van der Waals surface area contributed by atoms with Gasteiger partial charge in [-0.05, 0) is 18.2 Å². The van der Waals surface area contributed by atoms with Crippen LogP contribution in [0.5, 0.6) is 0 Å². The van der Waals surface area contributed by atoms with Crippen LogP contribution in [-0.4, -0.2) is 48.6 Å². The summed E-state index contributed by atoms with van der Waals surface area (Å²) in [7, 11) is 3.02. The Morgan fingerprint density at radius 1 is 1.18 bits per heavy atom. The van der Waals surface area contributed by atoms with Crippen molar-refractivity contribution in [3.05, 3.63) is 64.7 Å². The minimum absolute atomic E-state index is 0.315. The number of imide groups is 1. The van der Waals surface area contributed by atoms with Gasteiger partial charge in [0.05, 0.1) is 5.69 Å². The first-order valence-corrected chi connectivity index (χ1v) is 8.92. The average molecular weight is 401 g/mol. The van der Waals surface area contributed by atoms with Crippen LogP contribution in [-0.2, 0) is 15.3 Å². The Balaban J connectivity index is 2.10. The van der Waals surface area contributed by atoms with Crippen molar-refractivity contribution in [1.29, 1.82) is 0 Å². The first-order chi connectivity index (χ1) is 13.4. The van der Waals surface area contributed by atoms with Crippen molar-refractivity contribution in [2.75, 3.05) is 25.5 Å². The predicted molar refractivity (Wildman–Crippen MR) is 102 cm³/mol. The number of fused-ring (bicyclic) bond motifs is 3. The number of nitrogens with zero attached hydrogens (tertiary/aromatic N) is 3. The van der Waals surface area contributed by atoms with E-state index in [-0.39, 0.29) is 6.54 Å². The van der Waals surface area contributed by atoms with E-state index < -0.39 is 23.7 Å². The number of amides is 4. The summed E-state index contributed by atoms with van der Waals surface area (Å²) in [5.74, 6) is -0.538. The van der Waals surface area contributed by atoms with Crippen LogP contribution in [0, 0.1) is 0 Å². The largest absolute Gasteiger partial charge is 0.430 e. The number of halogens is 1. The third-order valence-electron chi connectivity index (χ3n) is 5.01. The van der Waals surface area contributed by atoms with E-state index in [1.807, 2.05) is 30.3 Å². The maximum atomic E-state index is 13.0. The Morgan fingerprint density at radius 3 is 2.57 bits per heavy atom. The fourth-order valence-electron chi connectivity index (χ4n) is 3.79. The Morgan fingerprint density at radius 2 is 1.89 bits per heavy atom. The summed E-state index contributed by atoms with van der Waals surface area (Å²) in [6.45, 7) is -0.315. The van der Waals surface area contributed by atoms with Crippen LogP contribution in [0.4, 0.5) is 15.3 Å². The van der Waals surface area contributed by atoms with Crippen LogP contribution in [0.1, 0.15) is 11.1 Å². The molecule has 2 aliphatic heterocycles. The molecule has 1 saturated heterocycles. The zero-order valence-corrected chi connectivity index (χ0v) is 15.9. The number of rotatable bonds is 1. The van der Waals surface area contributed by atoms with Gasteiger partial charge in [0.15, 0.2) is 5.66 Å². The normalized spacial score (nSPS) is 21.7. The number of anilines is 1. The predicted octanol–water partition coefficient (Wildman–Crippen LogP) is 2.53. The molecule has 28 heavy (non-hydrogen) atoms. The van der Waals surface area contributed by atoms with E-state index in [0.717, 1.165) is 4.90 Å². The molecular weight excluding hydrogens is 384 g/mol. The second-order valence-corrected chi connectivity index (χ2v) is 6.87. The van der Waals surface area contributed by atoms with Crippen LogP contribution < -0.4 is 10.2 Å². The van der Waals surface area contributed by atoms with E-state index >= 15 is 0 Å². The van der Waals surface area contributed by atoms with Gasteiger partial charge in [-0.25, -0.2) is 14.5 Å². The Hall–Kier alpha value is -3.10. The minimum Gasteiger partial charge on any atom is -0.347 e. The van der Waals surface area contributed by atoms with E-state index in [1.165, 1.54) is 17.0 Å². The molecule has 2 aliphatic rings. The molecule has 0 spiro atoms. The fraction of sp³-hybridized carbons (Fsp3) is 0.211. The highest BCUT2D eigenvalue weighted by molar-refractivity contribution is 6.31. The van der Waals surface area contributed by atoms with Crippen LogP contribution in [0.15, 0.2) is 48.5 Å². The molecule has 2 aromatic carbocycles. The number of urea groups is 1. The van der Waals surface area contributed by atoms with Gasteiger partial charge in [0, 0.05) is 30.2 Å². The van der Waals surface area contributed by atoms with Crippen molar-refractivity contribution in [2.24, 2.45) is 0 Å². The van der Waals surface area contributed by atoms with Gasteiger partial charge in [-0.15, -0.1) is 0 Å². The zero-order chi connectivity index (χ0) is 20.1. The van der Waals surface area contributed by atoms with Crippen LogP contribution in [0.3, 0.4) is 0 Å². The summed E-state index contributed by atoms with van der Waals surface area (Å²) in [5, 5.41) is 4.17. The van der Waals surface area contributed by atoms with Crippen molar-refractivity contribution >= 4 is 35.3 Å². The maximum Gasteiger partial charge on any atom is 0.430 e. The standard InChI is InChI=1S/C19H17ClN4O4/c1-21-17(26)24-15-9-8-13(20)10-14(15)19(12-6-4-3-5-7-12)22(2)18(27)28-23(19)11-16(24)25/h3-10H,11H2,1-2H3,(H,21,26). The average Bonchev–Trinajstić information content (AvgIpc) is 2.87. The first kappa shape index (κ1) is 18.3. The van der Waals surface area contributed by atoms with E-state index in [0.29, 0.717) is 21.8 Å². The van der Waals surface area contributed by atoms with Gasteiger partial charge in [-0.3, -0.25) is 9.69 Å². The molecular formula is C19H17ClN4O4. The van der Waals surface area contributed by atoms with Crippen molar-refractivity contribution in [1.82, 2.24) is 15.3 Å². The van der Waals surface area contributed by atoms with Gasteiger partial charge in [-0.1, -0.05) is 47.0 Å². The summed E-state index contributed by atoms with van der Waals surface area (Å²) in [6.07, 6.45) is -0.615. The fourth-order valence-corrected chi connectivity index (χ4v) is 3.96. The number of hydrogen-bond donors (Lipinski definition) is 1. The smallest absolute Gasteiger partial charge is 0.347 e. The van der Waals surface area contributed by atoms with E-state index in [1.54, 1.807) is 25.2 Å². The molecule has 0 bridgehead atoms. The molecule has 9 heteroatoms. The first-order valence-electron chi connectivity index (χ1n) is 8.55. The molecule has 8 nitrogen and oxygen atoms in total. The topological polar surface area (TPSA) is 82.2 Å². The lowest BCUT2D eigenvalue weighted by atomic mass is 9.88. The van der Waals surface area contributed by atoms with Gasteiger partial charge >= 0.3 is 12.1 Å². The van der Waals surface area contributed by atoms with Gasteiger partial charge in [0.1, 0.15) is 6.54 Å². The molecule has 1 atom stereocenters. The highest BCUT2D eigenvalue weighted by Gasteiger charge is 2.59. The van der Waals surface area contributed by atoms with E-state index in [9.17, 15) is 14.4 Å². The highest BCUT2D eigenvalue weighted by atomic mass is 35.5. The number of nitrogens with one attached hydrogen (secondary N) is 1. The van der Waals surface area contributed by atoms with Gasteiger partial charge < -0.3 is 10.2 Å². The summed E-state index contributed by atoms with van der Waals surface area (Å²) >= 11 is 6.28. The molecule has 144 valence electrons. The van der Waals surface area contributed by atoms with E-state index in [4.69, 9.17) is 16.4 Å². The molecule has 0 aliphatic carbocycles. The number of carbonyl (C=O) groups excluding carboxylic acids is 3. The molecule has 1 N–H and O–H groups in total. The number of carbonyl (C=O) groups is 3. The summed E-state index contributed by atoms with van der Waals surface area (Å²) in [6, 6.07) is 13.4. The lowest BCUT2D eigenvalue weighted by Gasteiger charge is -2.38. The number of hydroxylamine groups is 2. The molecule has 2 aromatic rings. The molecule has 4 amide bonds. The van der Waals surface area contributed by atoms with E-state index in [2.05, 4.69) is 5.32 Å². The van der Waals surface area contributed by atoms with Gasteiger partial charge in [-0.2, -0.15) is 0 Å². The van der Waals surface area contributed by atoms with Crippen molar-refractivity contribution in [3.63, 3.8) is 0 Å². The lowest BCUT2D eigenvalue weighted by molar-refractivity contribution is -0.148. The van der Waals surface area contributed by atoms with Crippen molar-refractivity contribution < 1.29 is 19.2 Å². The van der Waals surface area contributed by atoms with Gasteiger partial charge in [0.25, 0.3) is 5.91 Å². The minimum atomic E-state index is -1.27. The number of benzene rings is 2. The van der Waals surface area contributed by atoms with Crippen LogP contribution >= 0.6 is 11.6 Å². The SMILES string of the molecule is CNC(=O)N1C(=O)CN2OC(=O)N(C)C2(c2ccccc2)c2cc(Cl)ccc21. The molecule has 4 rings (SSSR count). The monoisotopic (exact) mass is 400 g/mol. The Kier molecular flexibility index (Phi) is 4.24.